The SMILES string of the molecule is CCOC(=O)NC(CN)C1CCCCCCC1. The van der Waals surface area contributed by atoms with Crippen LogP contribution in [0.1, 0.15) is 51.9 Å². The van der Waals surface area contributed by atoms with E-state index >= 15 is 0 Å². The highest BCUT2D eigenvalue weighted by Crippen LogP contribution is 2.24. The zero-order valence-electron chi connectivity index (χ0n) is 10.9. The van der Waals surface area contributed by atoms with E-state index in [-0.39, 0.29) is 12.1 Å². The summed E-state index contributed by atoms with van der Waals surface area (Å²) in [6.07, 6.45) is 8.51. The standard InChI is InChI=1S/C13H26N2O2/c1-2-17-13(16)15-12(10-14)11-8-6-4-3-5-7-9-11/h11-12H,2-10,14H2,1H3,(H,15,16). The molecule has 0 radical (unpaired) electrons. The number of rotatable bonds is 4. The van der Waals surface area contributed by atoms with Crippen molar-refractivity contribution in [2.24, 2.45) is 11.7 Å². The van der Waals surface area contributed by atoms with Gasteiger partial charge in [0.25, 0.3) is 0 Å². The molecule has 0 spiro atoms. The maximum atomic E-state index is 11.4. The monoisotopic (exact) mass is 242 g/mol. The topological polar surface area (TPSA) is 64.3 Å². The summed E-state index contributed by atoms with van der Waals surface area (Å²) in [4.78, 5) is 11.4. The summed E-state index contributed by atoms with van der Waals surface area (Å²) in [7, 11) is 0. The van der Waals surface area contributed by atoms with E-state index in [1.165, 1.54) is 44.9 Å². The fraction of sp³-hybridized carbons (Fsp3) is 0.923. The molecule has 0 heterocycles. The Bertz CT molecular complexity index is 213. The van der Waals surface area contributed by atoms with Crippen LogP contribution in [0.15, 0.2) is 0 Å². The van der Waals surface area contributed by atoms with Crippen molar-refractivity contribution in [2.45, 2.75) is 57.9 Å². The average molecular weight is 242 g/mol. The van der Waals surface area contributed by atoms with Gasteiger partial charge < -0.3 is 15.8 Å². The van der Waals surface area contributed by atoms with Gasteiger partial charge in [-0.25, -0.2) is 4.79 Å². The molecule has 3 N–H and O–H groups in total. The predicted molar refractivity (Wildman–Crippen MR) is 68.8 cm³/mol. The summed E-state index contributed by atoms with van der Waals surface area (Å²) >= 11 is 0. The van der Waals surface area contributed by atoms with Crippen molar-refractivity contribution in [1.82, 2.24) is 5.32 Å². The van der Waals surface area contributed by atoms with Gasteiger partial charge in [0.2, 0.25) is 0 Å². The molecule has 4 heteroatoms. The minimum Gasteiger partial charge on any atom is -0.450 e. The van der Waals surface area contributed by atoms with Crippen molar-refractivity contribution in [3.63, 3.8) is 0 Å². The van der Waals surface area contributed by atoms with Crippen molar-refractivity contribution >= 4 is 6.09 Å². The highest BCUT2D eigenvalue weighted by atomic mass is 16.5. The first-order chi connectivity index (χ1) is 8.27. The van der Waals surface area contributed by atoms with E-state index in [4.69, 9.17) is 10.5 Å². The van der Waals surface area contributed by atoms with Crippen LogP contribution < -0.4 is 11.1 Å². The Morgan fingerprint density at radius 2 is 1.88 bits per heavy atom. The molecular weight excluding hydrogens is 216 g/mol. The summed E-state index contributed by atoms with van der Waals surface area (Å²) in [6.45, 7) is 2.73. The van der Waals surface area contributed by atoms with Crippen LogP contribution in [-0.2, 0) is 4.74 Å². The Hall–Kier alpha value is -0.770. The molecule has 1 aliphatic rings. The Morgan fingerprint density at radius 3 is 2.41 bits per heavy atom. The van der Waals surface area contributed by atoms with Gasteiger partial charge in [-0.15, -0.1) is 0 Å². The number of carbonyl (C=O) groups is 1. The number of nitrogens with two attached hydrogens (primary N) is 1. The molecule has 1 saturated carbocycles. The Morgan fingerprint density at radius 1 is 1.29 bits per heavy atom. The first-order valence-electron chi connectivity index (χ1n) is 6.91. The number of amides is 1. The normalized spacial score (nSPS) is 20.1. The van der Waals surface area contributed by atoms with Gasteiger partial charge in [-0.05, 0) is 25.7 Å². The second-order valence-corrected chi connectivity index (χ2v) is 4.81. The minimum atomic E-state index is -0.329. The zero-order valence-corrected chi connectivity index (χ0v) is 10.9. The van der Waals surface area contributed by atoms with Gasteiger partial charge >= 0.3 is 6.09 Å². The summed E-state index contributed by atoms with van der Waals surface area (Å²) in [5.41, 5.74) is 5.77. The lowest BCUT2D eigenvalue weighted by molar-refractivity contribution is 0.142. The van der Waals surface area contributed by atoms with Gasteiger partial charge in [0.05, 0.1) is 6.61 Å². The summed E-state index contributed by atoms with van der Waals surface area (Å²) < 4.78 is 4.92. The molecule has 0 bridgehead atoms. The third-order valence-electron chi connectivity index (χ3n) is 3.55. The van der Waals surface area contributed by atoms with Crippen LogP contribution in [0.25, 0.3) is 0 Å². The van der Waals surface area contributed by atoms with E-state index in [0.717, 1.165) is 0 Å². The van der Waals surface area contributed by atoms with Crippen LogP contribution in [0.4, 0.5) is 4.79 Å². The second-order valence-electron chi connectivity index (χ2n) is 4.81. The molecular formula is C13H26N2O2. The van der Waals surface area contributed by atoms with Crippen molar-refractivity contribution in [3.8, 4) is 0 Å². The van der Waals surface area contributed by atoms with Crippen LogP contribution in [0.2, 0.25) is 0 Å². The Kier molecular flexibility index (Phi) is 7.01. The van der Waals surface area contributed by atoms with Crippen LogP contribution in [-0.4, -0.2) is 25.3 Å². The van der Waals surface area contributed by atoms with Crippen molar-refractivity contribution < 1.29 is 9.53 Å². The Balaban J connectivity index is 2.42. The van der Waals surface area contributed by atoms with E-state index in [9.17, 15) is 4.79 Å². The lowest BCUT2D eigenvalue weighted by Gasteiger charge is -2.28. The number of hydrogen-bond acceptors (Lipinski definition) is 3. The summed E-state index contributed by atoms with van der Waals surface area (Å²) in [5, 5.41) is 2.90. The van der Waals surface area contributed by atoms with E-state index in [1.54, 1.807) is 0 Å². The molecule has 1 amide bonds. The summed E-state index contributed by atoms with van der Waals surface area (Å²) in [6, 6.07) is 0.0761. The smallest absolute Gasteiger partial charge is 0.407 e. The maximum Gasteiger partial charge on any atom is 0.407 e. The van der Waals surface area contributed by atoms with Crippen molar-refractivity contribution in [2.75, 3.05) is 13.2 Å². The molecule has 1 fully saturated rings. The maximum absolute atomic E-state index is 11.4. The van der Waals surface area contributed by atoms with E-state index in [0.29, 0.717) is 19.1 Å². The molecule has 0 aromatic heterocycles. The van der Waals surface area contributed by atoms with E-state index in [2.05, 4.69) is 5.32 Å². The van der Waals surface area contributed by atoms with Gasteiger partial charge in [0.15, 0.2) is 0 Å². The first kappa shape index (κ1) is 14.3. The number of carbonyl (C=O) groups excluding carboxylic acids is 1. The molecule has 100 valence electrons. The quantitative estimate of drug-likeness (QED) is 0.795. The van der Waals surface area contributed by atoms with Crippen LogP contribution in [0.3, 0.4) is 0 Å². The van der Waals surface area contributed by atoms with Crippen LogP contribution in [0, 0.1) is 5.92 Å². The largest absolute Gasteiger partial charge is 0.450 e. The molecule has 1 atom stereocenters. The molecule has 0 aliphatic heterocycles. The molecule has 1 aliphatic carbocycles. The number of hydrogen-bond donors (Lipinski definition) is 2. The molecule has 0 aromatic rings. The zero-order chi connectivity index (χ0) is 12.5. The van der Waals surface area contributed by atoms with Crippen LogP contribution in [0.5, 0.6) is 0 Å². The van der Waals surface area contributed by atoms with Crippen molar-refractivity contribution in [1.29, 1.82) is 0 Å². The van der Waals surface area contributed by atoms with Crippen molar-refractivity contribution in [3.05, 3.63) is 0 Å². The van der Waals surface area contributed by atoms with Gasteiger partial charge in [-0.3, -0.25) is 0 Å². The van der Waals surface area contributed by atoms with E-state index < -0.39 is 0 Å². The Labute approximate surface area is 104 Å². The second kappa shape index (κ2) is 8.34. The summed E-state index contributed by atoms with van der Waals surface area (Å²) in [5.74, 6) is 0.518. The third kappa shape index (κ3) is 5.39. The van der Waals surface area contributed by atoms with Gasteiger partial charge in [-0.2, -0.15) is 0 Å². The van der Waals surface area contributed by atoms with Gasteiger partial charge in [0.1, 0.15) is 0 Å². The van der Waals surface area contributed by atoms with E-state index in [1.807, 2.05) is 6.92 Å². The number of alkyl carbamates (subject to hydrolysis) is 1. The number of ether oxygens (including phenoxy) is 1. The highest BCUT2D eigenvalue weighted by Gasteiger charge is 2.22. The fourth-order valence-corrected chi connectivity index (χ4v) is 2.58. The molecule has 17 heavy (non-hydrogen) atoms. The molecule has 1 rings (SSSR count). The molecule has 4 nitrogen and oxygen atoms in total. The van der Waals surface area contributed by atoms with Gasteiger partial charge in [0, 0.05) is 12.6 Å². The third-order valence-corrected chi connectivity index (χ3v) is 3.55. The highest BCUT2D eigenvalue weighted by molar-refractivity contribution is 5.67. The van der Waals surface area contributed by atoms with Crippen LogP contribution >= 0.6 is 0 Å². The number of nitrogens with one attached hydrogen (secondary N) is 1. The predicted octanol–water partition coefficient (Wildman–Crippen LogP) is 2.42. The molecule has 0 aromatic carbocycles. The fourth-order valence-electron chi connectivity index (χ4n) is 2.58. The molecule has 0 saturated heterocycles. The average Bonchev–Trinajstić information content (AvgIpc) is 2.26. The lowest BCUT2D eigenvalue weighted by Crippen LogP contribution is -2.45. The lowest BCUT2D eigenvalue weighted by atomic mass is 9.86. The van der Waals surface area contributed by atoms with Gasteiger partial charge in [-0.1, -0.05) is 32.1 Å². The minimum absolute atomic E-state index is 0.0761. The molecule has 1 unspecified atom stereocenters. The first-order valence-corrected chi connectivity index (χ1v) is 6.91.